The van der Waals surface area contributed by atoms with Crippen molar-refractivity contribution in [2.45, 2.75) is 0 Å². The van der Waals surface area contributed by atoms with Crippen LogP contribution in [0.2, 0.25) is 0 Å². The molecule has 0 aliphatic carbocycles. The van der Waals surface area contributed by atoms with Gasteiger partial charge < -0.3 is 4.90 Å². The van der Waals surface area contributed by atoms with E-state index < -0.39 is 0 Å². The maximum absolute atomic E-state index is 2.47. The fraction of sp³-hybridized carbons (Fsp3) is 0. The first kappa shape index (κ1) is 37.7. The quantitative estimate of drug-likeness (QED) is 0.147. The molecular weight excluding hydrogens is 791 g/mol. The SMILES string of the molecule is c1ccc(-c2ccccc2N(c2ccc(-c3ccc(-c4cccc5ccccc45)cc3)cc2)c2ccccc2-c2cccc3c2sc2ccccc23)c(-c2ccc3ccccc3c2)c1. The highest BCUT2D eigenvalue weighted by molar-refractivity contribution is 7.26. The van der Waals surface area contributed by atoms with Gasteiger partial charge in [-0.2, -0.15) is 0 Å². The molecule has 0 fully saturated rings. The van der Waals surface area contributed by atoms with E-state index in [0.717, 1.165) is 22.6 Å². The van der Waals surface area contributed by atoms with Crippen LogP contribution in [0.3, 0.4) is 0 Å². The van der Waals surface area contributed by atoms with Crippen LogP contribution in [0.15, 0.2) is 249 Å². The number of thiophene rings is 1. The lowest BCUT2D eigenvalue weighted by Gasteiger charge is -2.30. The van der Waals surface area contributed by atoms with Gasteiger partial charge in [-0.25, -0.2) is 0 Å². The second kappa shape index (κ2) is 16.0. The van der Waals surface area contributed by atoms with E-state index >= 15 is 0 Å². The van der Waals surface area contributed by atoms with E-state index in [2.05, 4.69) is 254 Å². The van der Waals surface area contributed by atoms with Crippen molar-refractivity contribution >= 4 is 70.1 Å². The van der Waals surface area contributed by atoms with Crippen molar-refractivity contribution in [3.63, 3.8) is 0 Å². The Morgan fingerprint density at radius 3 is 1.52 bits per heavy atom. The van der Waals surface area contributed by atoms with Gasteiger partial charge >= 0.3 is 0 Å². The predicted molar refractivity (Wildman–Crippen MR) is 276 cm³/mol. The van der Waals surface area contributed by atoms with Crippen molar-refractivity contribution in [1.82, 2.24) is 0 Å². The first-order valence-electron chi connectivity index (χ1n) is 21.9. The van der Waals surface area contributed by atoms with E-state index in [4.69, 9.17) is 0 Å². The Bertz CT molecular complexity index is 3670. The molecule has 0 saturated carbocycles. The Kier molecular flexibility index (Phi) is 9.43. The van der Waals surface area contributed by atoms with Crippen LogP contribution >= 0.6 is 11.3 Å². The molecule has 11 aromatic carbocycles. The number of anilines is 3. The van der Waals surface area contributed by atoms with Crippen LogP contribution in [0, 0.1) is 0 Å². The summed E-state index contributed by atoms with van der Waals surface area (Å²) in [5, 5.41) is 7.59. The van der Waals surface area contributed by atoms with Crippen molar-refractivity contribution in [2.75, 3.05) is 4.90 Å². The minimum Gasteiger partial charge on any atom is -0.309 e. The molecule has 64 heavy (non-hydrogen) atoms. The first-order chi connectivity index (χ1) is 31.7. The minimum atomic E-state index is 1.09. The number of para-hydroxylation sites is 2. The van der Waals surface area contributed by atoms with E-state index in [-0.39, 0.29) is 0 Å². The fourth-order valence-corrected chi connectivity index (χ4v) is 10.8. The van der Waals surface area contributed by atoms with Crippen molar-refractivity contribution in [3.05, 3.63) is 249 Å². The zero-order chi connectivity index (χ0) is 42.4. The predicted octanol–water partition coefficient (Wildman–Crippen LogP) is 18.2. The highest BCUT2D eigenvalue weighted by Crippen LogP contribution is 2.49. The third kappa shape index (κ3) is 6.64. The molecule has 1 heterocycles. The van der Waals surface area contributed by atoms with E-state index in [1.807, 2.05) is 11.3 Å². The molecule has 0 radical (unpaired) electrons. The van der Waals surface area contributed by atoms with E-state index in [9.17, 15) is 0 Å². The van der Waals surface area contributed by atoms with Gasteiger partial charge in [0.1, 0.15) is 0 Å². The third-order valence-corrected chi connectivity index (χ3v) is 13.9. The summed E-state index contributed by atoms with van der Waals surface area (Å²) < 4.78 is 2.60. The van der Waals surface area contributed by atoms with Gasteiger partial charge in [0.25, 0.3) is 0 Å². The number of rotatable bonds is 8. The van der Waals surface area contributed by atoms with Crippen molar-refractivity contribution in [1.29, 1.82) is 0 Å². The Balaban J connectivity index is 1.01. The molecule has 0 unspecified atom stereocenters. The second-order valence-corrected chi connectivity index (χ2v) is 17.5. The van der Waals surface area contributed by atoms with Crippen LogP contribution < -0.4 is 4.90 Å². The van der Waals surface area contributed by atoms with Gasteiger partial charge in [0.2, 0.25) is 0 Å². The highest BCUT2D eigenvalue weighted by Gasteiger charge is 2.23. The number of hydrogen-bond acceptors (Lipinski definition) is 2. The van der Waals surface area contributed by atoms with Crippen LogP contribution in [-0.4, -0.2) is 0 Å². The van der Waals surface area contributed by atoms with Crippen molar-refractivity contribution in [2.24, 2.45) is 0 Å². The summed E-state index contributed by atoms with van der Waals surface area (Å²) in [5.41, 5.74) is 15.3. The van der Waals surface area contributed by atoms with E-state index in [0.29, 0.717) is 0 Å². The molecule has 0 amide bonds. The molecule has 12 aromatic rings. The molecule has 0 aliphatic rings. The normalized spacial score (nSPS) is 11.4. The average molecular weight is 832 g/mol. The molecule has 0 atom stereocenters. The molecular formula is C62H41NS. The third-order valence-electron chi connectivity index (χ3n) is 12.7. The van der Waals surface area contributed by atoms with Crippen LogP contribution in [0.1, 0.15) is 0 Å². The van der Waals surface area contributed by atoms with Crippen LogP contribution in [0.4, 0.5) is 17.1 Å². The lowest BCUT2D eigenvalue weighted by molar-refractivity contribution is 1.28. The summed E-state index contributed by atoms with van der Waals surface area (Å²) in [7, 11) is 0. The fourth-order valence-electron chi connectivity index (χ4n) is 9.61. The largest absolute Gasteiger partial charge is 0.309 e. The molecule has 0 bridgehead atoms. The monoisotopic (exact) mass is 831 g/mol. The molecule has 0 saturated heterocycles. The topological polar surface area (TPSA) is 3.24 Å². The average Bonchev–Trinajstić information content (AvgIpc) is 3.76. The summed E-state index contributed by atoms with van der Waals surface area (Å²) in [5.74, 6) is 0. The molecule has 0 N–H and O–H groups in total. The number of nitrogens with zero attached hydrogens (tertiary/aromatic N) is 1. The maximum Gasteiger partial charge on any atom is 0.0540 e. The standard InChI is InChI=1S/C62H41NS/c1-2-17-47-41-48(36-33-42(47)15-1)52-20-5-6-21-53(52)54-22-7-10-28-59(54)63(60-29-11-8-23-55(60)57-26-14-27-58-56-24-9-12-30-61(56)64-62(57)58)49-39-37-44(38-40-49)43-31-34-46(35-32-43)51-25-13-18-45-16-3-4-19-50(45)51/h1-41H. The van der Waals surface area contributed by atoms with E-state index in [1.54, 1.807) is 0 Å². The number of fused-ring (bicyclic) bond motifs is 5. The van der Waals surface area contributed by atoms with Crippen molar-refractivity contribution < 1.29 is 0 Å². The second-order valence-electron chi connectivity index (χ2n) is 16.4. The van der Waals surface area contributed by atoms with Crippen LogP contribution in [0.5, 0.6) is 0 Å². The summed E-state index contributed by atoms with van der Waals surface area (Å²) in [6.07, 6.45) is 0. The minimum absolute atomic E-state index is 1.09. The van der Waals surface area contributed by atoms with Gasteiger partial charge in [0.05, 0.1) is 11.4 Å². The molecule has 1 aromatic heterocycles. The number of benzene rings is 11. The number of hydrogen-bond donors (Lipinski definition) is 0. The molecule has 0 spiro atoms. The summed E-state index contributed by atoms with van der Waals surface area (Å²) >= 11 is 1.88. The Labute approximate surface area is 377 Å². The molecule has 300 valence electrons. The van der Waals surface area contributed by atoms with E-state index in [1.165, 1.54) is 91.8 Å². The lowest BCUT2D eigenvalue weighted by Crippen LogP contribution is -2.12. The molecule has 12 rings (SSSR count). The first-order valence-corrected chi connectivity index (χ1v) is 22.7. The molecule has 1 nitrogen and oxygen atoms in total. The van der Waals surface area contributed by atoms with Crippen LogP contribution in [-0.2, 0) is 0 Å². The maximum atomic E-state index is 2.47. The van der Waals surface area contributed by atoms with Gasteiger partial charge in [-0.05, 0) is 96.9 Å². The van der Waals surface area contributed by atoms with Crippen molar-refractivity contribution in [3.8, 4) is 55.6 Å². The van der Waals surface area contributed by atoms with Gasteiger partial charge in [0, 0.05) is 42.6 Å². The summed E-state index contributed by atoms with van der Waals surface area (Å²) in [6.45, 7) is 0. The smallest absolute Gasteiger partial charge is 0.0540 e. The summed E-state index contributed by atoms with van der Waals surface area (Å²) in [6, 6.07) is 91.0. The zero-order valence-corrected chi connectivity index (χ0v) is 35.8. The highest BCUT2D eigenvalue weighted by atomic mass is 32.1. The van der Waals surface area contributed by atoms with Gasteiger partial charge in [-0.1, -0.05) is 212 Å². The Morgan fingerprint density at radius 2 is 0.750 bits per heavy atom. The molecule has 0 aliphatic heterocycles. The van der Waals surface area contributed by atoms with Crippen LogP contribution in [0.25, 0.3) is 97.4 Å². The Morgan fingerprint density at radius 1 is 0.266 bits per heavy atom. The lowest BCUT2D eigenvalue weighted by atomic mass is 9.91. The zero-order valence-electron chi connectivity index (χ0n) is 35.0. The Hall–Kier alpha value is -8.04. The van der Waals surface area contributed by atoms with Gasteiger partial charge in [-0.15, -0.1) is 11.3 Å². The summed E-state index contributed by atoms with van der Waals surface area (Å²) in [4.78, 5) is 2.47. The van der Waals surface area contributed by atoms with Gasteiger partial charge in [-0.3, -0.25) is 0 Å². The molecule has 2 heteroatoms. The van der Waals surface area contributed by atoms with Gasteiger partial charge in [0.15, 0.2) is 0 Å².